The predicted octanol–water partition coefficient (Wildman–Crippen LogP) is 9.46. The fourth-order valence-electron chi connectivity index (χ4n) is 4.76. The van der Waals surface area contributed by atoms with Crippen LogP contribution in [0.15, 0.2) is 77.3 Å². The van der Waals surface area contributed by atoms with Crippen molar-refractivity contribution in [3.05, 3.63) is 93.4 Å². The number of aromatic nitrogens is 3. The van der Waals surface area contributed by atoms with E-state index in [-0.39, 0.29) is 32.9 Å². The third-order valence-corrected chi connectivity index (χ3v) is 7.48. The second kappa shape index (κ2) is 9.05. The van der Waals surface area contributed by atoms with Gasteiger partial charge in [0.15, 0.2) is 5.75 Å². The minimum absolute atomic E-state index is 0.0326. The molecule has 5 nitrogen and oxygen atoms in total. The monoisotopic (exact) mass is 561 g/mol. The number of phenols is 1. The molecule has 6 aromatic rings. The maximum absolute atomic E-state index is 11.7. The van der Waals surface area contributed by atoms with Gasteiger partial charge >= 0.3 is 0 Å². The van der Waals surface area contributed by atoms with Gasteiger partial charge in [0, 0.05) is 15.8 Å². The largest absolute Gasteiger partial charge is 0.505 e. The third kappa shape index (κ3) is 4.02. The number of halogens is 3. The zero-order valence-electron chi connectivity index (χ0n) is 20.8. The van der Waals surface area contributed by atoms with Gasteiger partial charge in [-0.25, -0.2) is 0 Å². The van der Waals surface area contributed by atoms with Crippen LogP contribution in [-0.2, 0) is 5.41 Å². The van der Waals surface area contributed by atoms with Crippen LogP contribution in [0.2, 0.25) is 15.1 Å². The van der Waals surface area contributed by atoms with Gasteiger partial charge in [0.1, 0.15) is 0 Å². The summed E-state index contributed by atoms with van der Waals surface area (Å²) >= 11 is 18.9. The first-order valence-corrected chi connectivity index (χ1v) is 13.1. The lowest BCUT2D eigenvalue weighted by Crippen LogP contribution is -2.12. The van der Waals surface area contributed by atoms with Crippen molar-refractivity contribution in [2.75, 3.05) is 0 Å². The molecule has 0 saturated heterocycles. The molecule has 2 heterocycles. The summed E-state index contributed by atoms with van der Waals surface area (Å²) in [6, 6.07) is 23.3. The predicted molar refractivity (Wildman–Crippen MR) is 155 cm³/mol. The van der Waals surface area contributed by atoms with Gasteiger partial charge in [0.25, 0.3) is 5.89 Å². The molecule has 0 amide bonds. The van der Waals surface area contributed by atoms with E-state index in [1.165, 1.54) is 0 Å². The fraction of sp³-hybridized carbons (Fsp3) is 0.133. The Morgan fingerprint density at radius 3 is 1.97 bits per heavy atom. The van der Waals surface area contributed by atoms with Crippen LogP contribution >= 0.6 is 34.8 Å². The minimum atomic E-state index is -0.231. The standard InChI is InChI=1S/C30H22Cl3N3O2/c1-30(2,3)16-12-20(28-34-29(38-35-28)26-21(32)14-17(31)15-22(26)33)27(37)25(13-16)36-23-10-6-4-8-18(23)19-9-5-7-11-24(19)36/h4-15,37H,1-3H3. The van der Waals surface area contributed by atoms with Crippen LogP contribution in [0.25, 0.3) is 50.3 Å². The summed E-state index contributed by atoms with van der Waals surface area (Å²) in [6.45, 7) is 6.36. The van der Waals surface area contributed by atoms with Gasteiger partial charge in [-0.1, -0.05) is 97.1 Å². The van der Waals surface area contributed by atoms with Crippen LogP contribution in [-0.4, -0.2) is 19.8 Å². The zero-order valence-corrected chi connectivity index (χ0v) is 23.0. The minimum Gasteiger partial charge on any atom is -0.505 e. The molecule has 8 heteroatoms. The molecular formula is C30H22Cl3N3O2. The first kappa shape index (κ1) is 24.8. The van der Waals surface area contributed by atoms with Crippen LogP contribution in [0.3, 0.4) is 0 Å². The molecule has 0 unspecified atom stereocenters. The topological polar surface area (TPSA) is 64.1 Å². The summed E-state index contributed by atoms with van der Waals surface area (Å²) in [5, 5.41) is 19.1. The highest BCUT2D eigenvalue weighted by Crippen LogP contribution is 2.43. The summed E-state index contributed by atoms with van der Waals surface area (Å²) in [5.74, 6) is 0.378. The van der Waals surface area contributed by atoms with E-state index in [0.717, 1.165) is 27.4 Å². The van der Waals surface area contributed by atoms with E-state index in [4.69, 9.17) is 39.3 Å². The van der Waals surface area contributed by atoms with Crippen molar-refractivity contribution in [1.82, 2.24) is 14.7 Å². The Hall–Kier alpha value is -3.51. The van der Waals surface area contributed by atoms with Crippen molar-refractivity contribution >= 4 is 56.6 Å². The first-order valence-electron chi connectivity index (χ1n) is 12.0. The lowest BCUT2D eigenvalue weighted by molar-refractivity contribution is 0.431. The second-order valence-corrected chi connectivity index (χ2v) is 11.4. The third-order valence-electron chi connectivity index (χ3n) is 6.66. The summed E-state index contributed by atoms with van der Waals surface area (Å²) in [7, 11) is 0. The zero-order chi connectivity index (χ0) is 26.8. The number of fused-ring (bicyclic) bond motifs is 3. The molecule has 6 rings (SSSR count). The summed E-state index contributed by atoms with van der Waals surface area (Å²) in [6.07, 6.45) is 0. The molecule has 38 heavy (non-hydrogen) atoms. The van der Waals surface area contributed by atoms with Crippen LogP contribution < -0.4 is 0 Å². The number of benzene rings is 4. The second-order valence-electron chi connectivity index (χ2n) is 10.2. The molecule has 4 aromatic carbocycles. The Morgan fingerprint density at radius 2 is 1.39 bits per heavy atom. The van der Waals surface area contributed by atoms with Gasteiger partial charge < -0.3 is 14.2 Å². The summed E-state index contributed by atoms with van der Waals surface area (Å²) in [4.78, 5) is 4.57. The Labute approximate surface area is 234 Å². The molecule has 0 atom stereocenters. The highest BCUT2D eigenvalue weighted by molar-refractivity contribution is 6.41. The fourth-order valence-corrected chi connectivity index (χ4v) is 5.73. The molecule has 2 aromatic heterocycles. The maximum Gasteiger partial charge on any atom is 0.261 e. The normalized spacial score (nSPS) is 12.1. The van der Waals surface area contributed by atoms with E-state index in [1.807, 2.05) is 36.4 Å². The smallest absolute Gasteiger partial charge is 0.261 e. The molecule has 0 aliphatic carbocycles. The number of phenolic OH excluding ortho intramolecular Hbond substituents is 1. The highest BCUT2D eigenvalue weighted by atomic mass is 35.5. The van der Waals surface area contributed by atoms with Crippen LogP contribution in [0.1, 0.15) is 26.3 Å². The molecule has 190 valence electrons. The number of hydrogen-bond donors (Lipinski definition) is 1. The Morgan fingerprint density at radius 1 is 0.816 bits per heavy atom. The molecule has 0 aliphatic rings. The molecule has 0 fully saturated rings. The van der Waals surface area contributed by atoms with E-state index in [1.54, 1.807) is 12.1 Å². The summed E-state index contributed by atoms with van der Waals surface area (Å²) in [5.41, 5.74) is 4.17. The number of hydrogen-bond acceptors (Lipinski definition) is 4. The van der Waals surface area contributed by atoms with Crippen LogP contribution in [0.5, 0.6) is 5.75 Å². The lowest BCUT2D eigenvalue weighted by atomic mass is 9.85. The van der Waals surface area contributed by atoms with Gasteiger partial charge in [-0.05, 0) is 47.4 Å². The average Bonchev–Trinajstić information content (AvgIpc) is 3.46. The van der Waals surface area contributed by atoms with Gasteiger partial charge in [-0.3, -0.25) is 0 Å². The molecule has 0 spiro atoms. The first-order chi connectivity index (χ1) is 18.1. The van der Waals surface area contributed by atoms with Crippen molar-refractivity contribution in [2.24, 2.45) is 0 Å². The number of para-hydroxylation sites is 2. The highest BCUT2D eigenvalue weighted by Gasteiger charge is 2.26. The summed E-state index contributed by atoms with van der Waals surface area (Å²) < 4.78 is 7.64. The van der Waals surface area contributed by atoms with E-state index in [0.29, 0.717) is 21.8 Å². The molecule has 1 N–H and O–H groups in total. The Bertz CT molecular complexity index is 1790. The molecule has 0 radical (unpaired) electrons. The average molecular weight is 563 g/mol. The van der Waals surface area contributed by atoms with E-state index in [9.17, 15) is 5.11 Å². The maximum atomic E-state index is 11.7. The van der Waals surface area contributed by atoms with Gasteiger partial charge in [0.05, 0.1) is 37.9 Å². The Balaban J connectivity index is 1.62. The molecular weight excluding hydrogens is 541 g/mol. The Kier molecular flexibility index (Phi) is 5.91. The van der Waals surface area contributed by atoms with E-state index >= 15 is 0 Å². The van der Waals surface area contributed by atoms with Crippen LogP contribution in [0, 0.1) is 0 Å². The van der Waals surface area contributed by atoms with Crippen molar-refractivity contribution < 1.29 is 9.63 Å². The van der Waals surface area contributed by atoms with Crippen molar-refractivity contribution in [2.45, 2.75) is 26.2 Å². The number of nitrogens with zero attached hydrogens (tertiary/aromatic N) is 3. The van der Waals surface area contributed by atoms with Crippen molar-refractivity contribution in [3.63, 3.8) is 0 Å². The molecule has 0 bridgehead atoms. The van der Waals surface area contributed by atoms with Gasteiger partial charge in [0.2, 0.25) is 5.82 Å². The van der Waals surface area contributed by atoms with E-state index in [2.05, 4.69) is 59.7 Å². The van der Waals surface area contributed by atoms with Gasteiger partial charge in [-0.15, -0.1) is 0 Å². The number of rotatable bonds is 3. The number of aromatic hydroxyl groups is 1. The molecule has 0 saturated carbocycles. The van der Waals surface area contributed by atoms with E-state index < -0.39 is 0 Å². The van der Waals surface area contributed by atoms with Crippen molar-refractivity contribution in [3.8, 4) is 34.3 Å². The van der Waals surface area contributed by atoms with Crippen molar-refractivity contribution in [1.29, 1.82) is 0 Å². The lowest BCUT2D eigenvalue weighted by Gasteiger charge is -2.22. The van der Waals surface area contributed by atoms with Gasteiger partial charge in [-0.2, -0.15) is 4.98 Å². The molecule has 0 aliphatic heterocycles. The van der Waals surface area contributed by atoms with Crippen LogP contribution in [0.4, 0.5) is 0 Å². The quantitative estimate of drug-likeness (QED) is 0.233. The SMILES string of the molecule is CC(C)(C)c1cc(-c2noc(-c3c(Cl)cc(Cl)cc3Cl)n2)c(O)c(-n2c3ccccc3c3ccccc32)c1.